The minimum absolute atomic E-state index is 0.126. The molecule has 1 fully saturated rings. The van der Waals surface area contributed by atoms with Gasteiger partial charge in [0.2, 0.25) is 11.0 Å². The molecule has 0 spiro atoms. The Labute approximate surface area is 151 Å². The first-order chi connectivity index (χ1) is 12.3. The molecule has 2 amide bonds. The van der Waals surface area contributed by atoms with Crippen molar-refractivity contribution in [3.63, 3.8) is 0 Å². The molecule has 3 N–H and O–H groups in total. The van der Waals surface area contributed by atoms with Gasteiger partial charge in [-0.15, -0.1) is 0 Å². The number of hydrogen-bond acceptors (Lipinski definition) is 6. The third-order valence-corrected chi connectivity index (χ3v) is 5.41. The number of fused-ring (bicyclic) bond motifs is 1. The Morgan fingerprint density at radius 3 is 2.85 bits per heavy atom. The number of nitrogens with two attached hydrogens (primary N) is 1. The van der Waals surface area contributed by atoms with Gasteiger partial charge in [0.25, 0.3) is 5.91 Å². The normalized spacial score (nSPS) is 21.6. The van der Waals surface area contributed by atoms with Crippen LogP contribution in [0, 0.1) is 5.92 Å². The maximum absolute atomic E-state index is 13.9. The Hall–Kier alpha value is -2.49. The lowest BCUT2D eigenvalue weighted by Crippen LogP contribution is -2.35. The highest BCUT2D eigenvalue weighted by molar-refractivity contribution is 7.21. The number of methoxy groups -OCH3 is 1. The van der Waals surface area contributed by atoms with Crippen LogP contribution in [0.5, 0.6) is 10.8 Å². The number of aromatic nitrogens is 1. The van der Waals surface area contributed by atoms with E-state index in [0.29, 0.717) is 15.3 Å². The van der Waals surface area contributed by atoms with Gasteiger partial charge in [0.1, 0.15) is 12.1 Å². The molecule has 0 saturated carbocycles. The lowest BCUT2D eigenvalue weighted by molar-refractivity contribution is -0.144. The summed E-state index contributed by atoms with van der Waals surface area (Å²) in [5, 5.41) is 2.67. The number of alkyl halides is 2. The fraction of sp³-hybridized carbons (Fsp3) is 0.438. The number of halogens is 2. The van der Waals surface area contributed by atoms with Crippen molar-refractivity contribution in [2.75, 3.05) is 13.7 Å². The molecule has 0 aromatic carbocycles. The molecule has 2 atom stereocenters. The summed E-state index contributed by atoms with van der Waals surface area (Å²) >= 11 is 1.19. The molecular formula is C16H17F2N3O4S. The van der Waals surface area contributed by atoms with Crippen LogP contribution in [-0.4, -0.2) is 42.5 Å². The van der Waals surface area contributed by atoms with Crippen molar-refractivity contribution in [2.45, 2.75) is 25.3 Å². The average Bonchev–Trinajstić information content (AvgIpc) is 3.06. The summed E-state index contributed by atoms with van der Waals surface area (Å²) in [7, 11) is 1.44. The maximum atomic E-state index is 13.9. The first-order valence-electron chi connectivity index (χ1n) is 7.87. The topological polar surface area (TPSA) is 104 Å². The Balaban J connectivity index is 1.87. The van der Waals surface area contributed by atoms with E-state index in [1.54, 1.807) is 13.0 Å². The molecular weight excluding hydrogens is 368 g/mol. The summed E-state index contributed by atoms with van der Waals surface area (Å²) in [6.45, 7) is 1.45. The van der Waals surface area contributed by atoms with Crippen molar-refractivity contribution in [1.82, 2.24) is 10.3 Å². The number of thiophene rings is 1. The molecule has 2 aromatic rings. The number of rotatable bonds is 6. The number of carbonyl (C=O) groups is 2. The van der Waals surface area contributed by atoms with Crippen LogP contribution in [0.15, 0.2) is 12.3 Å². The maximum Gasteiger partial charge on any atom is 0.329 e. The van der Waals surface area contributed by atoms with Crippen LogP contribution in [-0.2, 0) is 4.79 Å². The van der Waals surface area contributed by atoms with E-state index < -0.39 is 29.7 Å². The van der Waals surface area contributed by atoms with Gasteiger partial charge in [0.05, 0.1) is 29.3 Å². The summed E-state index contributed by atoms with van der Waals surface area (Å²) in [6.07, 6.45) is 1.44. The summed E-state index contributed by atoms with van der Waals surface area (Å²) in [4.78, 5) is 26.9. The third kappa shape index (κ3) is 2.94. The smallest absolute Gasteiger partial charge is 0.329 e. The van der Waals surface area contributed by atoms with E-state index in [0.717, 1.165) is 0 Å². The van der Waals surface area contributed by atoms with Gasteiger partial charge in [-0.25, -0.2) is 0 Å². The molecule has 0 aliphatic carbocycles. The Morgan fingerprint density at radius 1 is 1.50 bits per heavy atom. The van der Waals surface area contributed by atoms with E-state index in [1.165, 1.54) is 24.6 Å². The predicted molar refractivity (Wildman–Crippen MR) is 90.8 cm³/mol. The number of carbonyl (C=O) groups excluding carboxylic acids is 2. The van der Waals surface area contributed by atoms with Crippen molar-refractivity contribution in [3.05, 3.63) is 17.8 Å². The number of hydrogen-bond donors (Lipinski definition) is 2. The van der Waals surface area contributed by atoms with Gasteiger partial charge >= 0.3 is 5.92 Å². The Kier molecular flexibility index (Phi) is 4.70. The number of pyridine rings is 1. The monoisotopic (exact) mass is 385 g/mol. The molecule has 140 valence electrons. The van der Waals surface area contributed by atoms with E-state index in [1.807, 2.05) is 0 Å². The lowest BCUT2D eigenvalue weighted by atomic mass is 9.95. The van der Waals surface area contributed by atoms with E-state index in [-0.39, 0.29) is 24.3 Å². The van der Waals surface area contributed by atoms with Gasteiger partial charge in [0, 0.05) is 6.20 Å². The molecule has 10 heteroatoms. The quantitative estimate of drug-likeness (QED) is 0.791. The SMILES string of the molecule is CC[C@H]1[C@@H](COc2c(OC)sc3cc(C(N)=O)cnc23)NC(=O)C1(F)F. The molecule has 0 bridgehead atoms. The van der Waals surface area contributed by atoms with E-state index >= 15 is 0 Å². The summed E-state index contributed by atoms with van der Waals surface area (Å²) in [5.74, 6) is -6.19. The highest BCUT2D eigenvalue weighted by Crippen LogP contribution is 2.44. The zero-order valence-corrected chi connectivity index (χ0v) is 14.9. The molecule has 2 aromatic heterocycles. The summed E-state index contributed by atoms with van der Waals surface area (Å²) < 4.78 is 39.4. The molecule has 1 aliphatic rings. The van der Waals surface area contributed by atoms with Gasteiger partial charge in [-0.05, 0) is 12.5 Å². The number of ether oxygens (including phenoxy) is 2. The molecule has 0 radical (unpaired) electrons. The highest BCUT2D eigenvalue weighted by atomic mass is 32.1. The second-order valence-electron chi connectivity index (χ2n) is 5.89. The van der Waals surface area contributed by atoms with Crippen molar-refractivity contribution in [2.24, 2.45) is 11.7 Å². The fourth-order valence-corrected chi connectivity index (χ4v) is 3.95. The second-order valence-corrected chi connectivity index (χ2v) is 6.90. The van der Waals surface area contributed by atoms with Crippen LogP contribution < -0.4 is 20.5 Å². The largest absolute Gasteiger partial charge is 0.485 e. The highest BCUT2D eigenvalue weighted by Gasteiger charge is 2.56. The van der Waals surface area contributed by atoms with Crippen molar-refractivity contribution in [1.29, 1.82) is 0 Å². The van der Waals surface area contributed by atoms with Crippen LogP contribution in [0.2, 0.25) is 0 Å². The number of primary amides is 1. The Bertz CT molecular complexity index is 871. The van der Waals surface area contributed by atoms with Gasteiger partial charge in [-0.2, -0.15) is 8.78 Å². The standard InChI is InChI=1S/C16H17F2N3O4S/c1-3-8-9(21-15(23)16(8,17)18)6-25-12-11-10(26-14(12)24-2)4-7(5-20-11)13(19)22/h4-5,8-9H,3,6H2,1-2H3,(H2,19,22)(H,21,23)/t8-,9+/m0/s1. The second kappa shape index (κ2) is 6.67. The molecule has 26 heavy (non-hydrogen) atoms. The van der Waals surface area contributed by atoms with Crippen LogP contribution in [0.25, 0.3) is 10.2 Å². The van der Waals surface area contributed by atoms with Gasteiger partial charge in [-0.1, -0.05) is 18.3 Å². The van der Waals surface area contributed by atoms with Crippen molar-refractivity contribution in [3.8, 4) is 10.8 Å². The molecule has 1 aliphatic heterocycles. The average molecular weight is 385 g/mol. The van der Waals surface area contributed by atoms with Crippen LogP contribution in [0.4, 0.5) is 8.78 Å². The molecule has 0 unspecified atom stereocenters. The van der Waals surface area contributed by atoms with Crippen LogP contribution >= 0.6 is 11.3 Å². The van der Waals surface area contributed by atoms with Crippen LogP contribution in [0.3, 0.4) is 0 Å². The summed E-state index contributed by atoms with van der Waals surface area (Å²) in [6, 6.07) is 0.734. The zero-order valence-electron chi connectivity index (χ0n) is 14.0. The first kappa shape index (κ1) is 18.3. The minimum Gasteiger partial charge on any atom is -0.485 e. The lowest BCUT2D eigenvalue weighted by Gasteiger charge is -2.20. The van der Waals surface area contributed by atoms with E-state index in [4.69, 9.17) is 15.2 Å². The fourth-order valence-electron chi connectivity index (χ4n) is 2.99. The van der Waals surface area contributed by atoms with E-state index in [2.05, 4.69) is 10.3 Å². The first-order valence-corrected chi connectivity index (χ1v) is 8.69. The molecule has 3 rings (SSSR count). The molecule has 3 heterocycles. The number of nitrogens with one attached hydrogen (secondary N) is 1. The minimum atomic E-state index is -3.42. The van der Waals surface area contributed by atoms with E-state index in [9.17, 15) is 18.4 Å². The molecule has 7 nitrogen and oxygen atoms in total. The van der Waals surface area contributed by atoms with Gasteiger partial charge in [0.15, 0.2) is 5.75 Å². The molecule has 1 saturated heterocycles. The van der Waals surface area contributed by atoms with Gasteiger partial charge < -0.3 is 20.5 Å². The predicted octanol–water partition coefficient (Wildman–Crippen LogP) is 1.94. The van der Waals surface area contributed by atoms with Crippen molar-refractivity contribution >= 4 is 33.4 Å². The van der Waals surface area contributed by atoms with Crippen LogP contribution in [0.1, 0.15) is 23.7 Å². The summed E-state index contributed by atoms with van der Waals surface area (Å²) in [5.41, 5.74) is 5.91. The number of nitrogens with zero attached hydrogens (tertiary/aromatic N) is 1. The van der Waals surface area contributed by atoms with Gasteiger partial charge in [-0.3, -0.25) is 14.6 Å². The number of amides is 2. The zero-order chi connectivity index (χ0) is 19.1. The van der Waals surface area contributed by atoms with Crippen molar-refractivity contribution < 1.29 is 27.8 Å². The Morgan fingerprint density at radius 2 is 2.23 bits per heavy atom. The third-order valence-electron chi connectivity index (χ3n) is 4.34.